The Hall–Kier alpha value is -3.06. The van der Waals surface area contributed by atoms with Crippen LogP contribution >= 0.6 is 0 Å². The van der Waals surface area contributed by atoms with Crippen molar-refractivity contribution in [3.63, 3.8) is 0 Å². The fraction of sp³-hybridized carbons (Fsp3) is 0.417. The first-order valence-corrected chi connectivity index (χ1v) is 10.5. The van der Waals surface area contributed by atoms with Crippen LogP contribution in [0.3, 0.4) is 0 Å². The van der Waals surface area contributed by atoms with E-state index in [9.17, 15) is 9.59 Å². The van der Waals surface area contributed by atoms with E-state index in [0.29, 0.717) is 29.2 Å². The summed E-state index contributed by atoms with van der Waals surface area (Å²) in [6.07, 6.45) is 5.99. The number of methoxy groups -OCH3 is 1. The van der Waals surface area contributed by atoms with Crippen LogP contribution < -0.4 is 19.9 Å². The number of carboxylic acid groups (broad SMARTS) is 1. The lowest BCUT2D eigenvalue weighted by Crippen LogP contribution is -2.32. The summed E-state index contributed by atoms with van der Waals surface area (Å²) in [7, 11) is 1.45. The second-order valence-corrected chi connectivity index (χ2v) is 7.31. The van der Waals surface area contributed by atoms with Crippen molar-refractivity contribution in [2.75, 3.05) is 13.7 Å². The first-order chi connectivity index (χ1) is 14.9. The molecular weight excluding hydrogens is 398 g/mol. The zero-order chi connectivity index (χ0) is 22.6. The number of hydrogen-bond acceptors (Lipinski definition) is 6. The number of rotatable bonds is 13. The first kappa shape index (κ1) is 24.2. The molecule has 31 heavy (non-hydrogen) atoms. The smallest absolute Gasteiger partial charge is 0.343 e. The minimum Gasteiger partial charge on any atom is -0.494 e. The minimum absolute atomic E-state index is 0.139. The van der Waals surface area contributed by atoms with Gasteiger partial charge < -0.3 is 25.1 Å². The molecule has 0 aliphatic carbocycles. The highest BCUT2D eigenvalue weighted by Crippen LogP contribution is 2.29. The second-order valence-electron chi connectivity index (χ2n) is 7.31. The molecule has 0 radical (unpaired) electrons. The number of esters is 1. The Kier molecular flexibility index (Phi) is 9.84. The van der Waals surface area contributed by atoms with Crippen molar-refractivity contribution in [1.29, 1.82) is 0 Å². The quantitative estimate of drug-likeness (QED) is 0.279. The highest BCUT2D eigenvalue weighted by atomic mass is 16.6. The number of ether oxygens (including phenoxy) is 3. The lowest BCUT2D eigenvalue weighted by Gasteiger charge is -2.12. The largest absolute Gasteiger partial charge is 0.494 e. The van der Waals surface area contributed by atoms with Gasteiger partial charge in [-0.15, -0.1) is 0 Å². The Labute approximate surface area is 183 Å². The molecule has 2 aromatic rings. The fourth-order valence-electron chi connectivity index (χ4n) is 3.01. The van der Waals surface area contributed by atoms with Gasteiger partial charge in [0.25, 0.3) is 0 Å². The van der Waals surface area contributed by atoms with Gasteiger partial charge in [-0.05, 0) is 54.8 Å². The van der Waals surface area contributed by atoms with E-state index in [0.717, 1.165) is 12.8 Å². The maximum Gasteiger partial charge on any atom is 0.343 e. The summed E-state index contributed by atoms with van der Waals surface area (Å²) >= 11 is 0. The summed E-state index contributed by atoms with van der Waals surface area (Å²) in [5.41, 5.74) is 6.62. The molecule has 2 rings (SSSR count). The molecule has 3 N–H and O–H groups in total. The number of benzene rings is 2. The lowest BCUT2D eigenvalue weighted by atomic mass is 10.1. The predicted octanol–water partition coefficient (Wildman–Crippen LogP) is 4.22. The van der Waals surface area contributed by atoms with Crippen LogP contribution in [0.25, 0.3) is 0 Å². The molecule has 7 heteroatoms. The van der Waals surface area contributed by atoms with Crippen LogP contribution in [0, 0.1) is 0 Å². The highest BCUT2D eigenvalue weighted by molar-refractivity contribution is 5.91. The van der Waals surface area contributed by atoms with Crippen LogP contribution in [0.2, 0.25) is 0 Å². The van der Waals surface area contributed by atoms with Crippen LogP contribution in [0.5, 0.6) is 17.2 Å². The van der Waals surface area contributed by atoms with E-state index < -0.39 is 18.0 Å². The molecule has 2 aromatic carbocycles. The van der Waals surface area contributed by atoms with E-state index in [1.807, 2.05) is 0 Å². The van der Waals surface area contributed by atoms with Gasteiger partial charge in [0.2, 0.25) is 0 Å². The van der Waals surface area contributed by atoms with Crippen LogP contribution in [0.4, 0.5) is 0 Å². The predicted molar refractivity (Wildman–Crippen MR) is 118 cm³/mol. The van der Waals surface area contributed by atoms with Gasteiger partial charge >= 0.3 is 11.9 Å². The van der Waals surface area contributed by atoms with E-state index >= 15 is 0 Å². The summed E-state index contributed by atoms with van der Waals surface area (Å²) in [6.45, 7) is 2.84. The van der Waals surface area contributed by atoms with Gasteiger partial charge in [-0.3, -0.25) is 4.79 Å². The minimum atomic E-state index is -1.08. The number of carbonyl (C=O) groups is 2. The number of carboxylic acids is 1. The van der Waals surface area contributed by atoms with Crippen molar-refractivity contribution in [2.45, 2.75) is 51.5 Å². The van der Waals surface area contributed by atoms with Crippen molar-refractivity contribution in [3.8, 4) is 17.2 Å². The zero-order valence-electron chi connectivity index (χ0n) is 18.1. The molecule has 1 unspecified atom stereocenters. The molecule has 7 nitrogen and oxygen atoms in total. The van der Waals surface area contributed by atoms with Gasteiger partial charge in [0, 0.05) is 0 Å². The standard InChI is InChI=1S/C24H31NO6/c1-3-4-5-6-7-14-30-19-11-9-18(10-12-19)24(28)31-21-13-8-17(16-22(21)29-2)15-20(25)23(26)27/h8-13,16,20H,3-7,14-15,25H2,1-2H3,(H,26,27). The molecular formula is C24H31NO6. The monoisotopic (exact) mass is 429 g/mol. The van der Waals surface area contributed by atoms with Crippen molar-refractivity contribution >= 4 is 11.9 Å². The van der Waals surface area contributed by atoms with Gasteiger partial charge in [0.15, 0.2) is 11.5 Å². The van der Waals surface area contributed by atoms with Crippen molar-refractivity contribution in [3.05, 3.63) is 53.6 Å². The molecule has 0 heterocycles. The normalized spacial score (nSPS) is 11.6. The van der Waals surface area contributed by atoms with Gasteiger partial charge in [-0.1, -0.05) is 38.7 Å². The highest BCUT2D eigenvalue weighted by Gasteiger charge is 2.16. The van der Waals surface area contributed by atoms with Crippen molar-refractivity contribution < 1.29 is 28.9 Å². The topological polar surface area (TPSA) is 108 Å². The molecule has 0 bridgehead atoms. The first-order valence-electron chi connectivity index (χ1n) is 10.5. The Morgan fingerprint density at radius 1 is 1.00 bits per heavy atom. The molecule has 0 aliphatic heterocycles. The third-order valence-corrected chi connectivity index (χ3v) is 4.81. The van der Waals surface area contributed by atoms with E-state index in [4.69, 9.17) is 25.1 Å². The number of unbranched alkanes of at least 4 members (excludes halogenated alkanes) is 4. The summed E-state index contributed by atoms with van der Waals surface area (Å²) in [5, 5.41) is 8.95. The third-order valence-electron chi connectivity index (χ3n) is 4.81. The number of nitrogens with two attached hydrogens (primary N) is 1. The Bertz CT molecular complexity index is 850. The van der Waals surface area contributed by atoms with Crippen LogP contribution in [0.15, 0.2) is 42.5 Å². The molecule has 0 saturated heterocycles. The third kappa shape index (κ3) is 7.94. The molecule has 168 valence electrons. The average Bonchev–Trinajstić information content (AvgIpc) is 2.77. The van der Waals surface area contributed by atoms with Crippen LogP contribution in [-0.2, 0) is 11.2 Å². The molecule has 0 amide bonds. The molecule has 0 aromatic heterocycles. The van der Waals surface area contributed by atoms with E-state index in [-0.39, 0.29) is 12.2 Å². The summed E-state index contributed by atoms with van der Waals surface area (Å²) in [4.78, 5) is 23.4. The summed E-state index contributed by atoms with van der Waals surface area (Å²) in [5.74, 6) is -0.333. The van der Waals surface area contributed by atoms with Gasteiger partial charge in [0.05, 0.1) is 19.3 Å². The number of carbonyl (C=O) groups excluding carboxylic acids is 1. The van der Waals surface area contributed by atoms with Gasteiger partial charge in [0.1, 0.15) is 11.8 Å². The Morgan fingerprint density at radius 2 is 1.71 bits per heavy atom. The molecule has 1 atom stereocenters. The Morgan fingerprint density at radius 3 is 2.35 bits per heavy atom. The number of aliphatic carboxylic acids is 1. The SMILES string of the molecule is CCCCCCCOc1ccc(C(=O)Oc2ccc(CC(N)C(=O)O)cc2OC)cc1. The van der Waals surface area contributed by atoms with Crippen LogP contribution in [0.1, 0.15) is 54.9 Å². The molecule has 0 saturated carbocycles. The molecule has 0 fully saturated rings. The molecule has 0 spiro atoms. The number of hydrogen-bond donors (Lipinski definition) is 2. The van der Waals surface area contributed by atoms with Crippen LogP contribution in [-0.4, -0.2) is 36.8 Å². The summed E-state index contributed by atoms with van der Waals surface area (Å²) < 4.78 is 16.4. The summed E-state index contributed by atoms with van der Waals surface area (Å²) in [6, 6.07) is 10.6. The van der Waals surface area contributed by atoms with E-state index in [2.05, 4.69) is 6.92 Å². The van der Waals surface area contributed by atoms with Gasteiger partial charge in [-0.2, -0.15) is 0 Å². The second kappa shape index (κ2) is 12.6. The zero-order valence-corrected chi connectivity index (χ0v) is 18.1. The fourth-order valence-corrected chi connectivity index (χ4v) is 3.01. The van der Waals surface area contributed by atoms with Crippen molar-refractivity contribution in [2.24, 2.45) is 5.73 Å². The average molecular weight is 430 g/mol. The van der Waals surface area contributed by atoms with Gasteiger partial charge in [-0.25, -0.2) is 4.79 Å². The Balaban J connectivity index is 1.92. The lowest BCUT2D eigenvalue weighted by molar-refractivity contribution is -0.138. The maximum absolute atomic E-state index is 12.5. The maximum atomic E-state index is 12.5. The van der Waals surface area contributed by atoms with Crippen molar-refractivity contribution in [1.82, 2.24) is 0 Å². The molecule has 0 aliphatic rings. The van der Waals surface area contributed by atoms with E-state index in [1.54, 1.807) is 42.5 Å². The van der Waals surface area contributed by atoms with E-state index in [1.165, 1.54) is 26.4 Å².